The number of benzene rings is 2. The van der Waals surface area contributed by atoms with Crippen LogP contribution in [0.2, 0.25) is 0 Å². The van der Waals surface area contributed by atoms with Gasteiger partial charge in [-0.2, -0.15) is 0 Å². The number of amides is 3. The molecule has 0 bridgehead atoms. The molecule has 3 N–H and O–H groups in total. The minimum Gasteiger partial charge on any atom is -0.378 e. The molecule has 0 spiro atoms. The Morgan fingerprint density at radius 2 is 1.80 bits per heavy atom. The average Bonchev–Trinajstić information content (AvgIpc) is 3.26. The molecule has 3 amide bonds. The van der Waals surface area contributed by atoms with Gasteiger partial charge < -0.3 is 25.6 Å². The highest BCUT2D eigenvalue weighted by atomic mass is 16.2. The number of anilines is 1. The summed E-state index contributed by atoms with van der Waals surface area (Å²) in [5, 5.41) is 8.19. The van der Waals surface area contributed by atoms with Crippen LogP contribution in [-0.4, -0.2) is 56.7 Å². The number of aldehydes is 1. The quantitative estimate of drug-likeness (QED) is 0.338. The summed E-state index contributed by atoms with van der Waals surface area (Å²) in [6.07, 6.45) is 4.83. The molecule has 1 aliphatic heterocycles. The Balaban J connectivity index is 1.67. The van der Waals surface area contributed by atoms with Crippen molar-refractivity contribution < 1.29 is 19.2 Å². The largest absolute Gasteiger partial charge is 0.378 e. The van der Waals surface area contributed by atoms with Gasteiger partial charge in [-0.15, -0.1) is 0 Å². The van der Waals surface area contributed by atoms with Gasteiger partial charge in [-0.05, 0) is 42.2 Å². The lowest BCUT2D eigenvalue weighted by Crippen LogP contribution is -2.51. The molecule has 1 saturated heterocycles. The second-order valence-electron chi connectivity index (χ2n) is 8.83. The van der Waals surface area contributed by atoms with Gasteiger partial charge in [0.2, 0.25) is 17.7 Å². The van der Waals surface area contributed by atoms with Gasteiger partial charge in [0.25, 0.3) is 0 Å². The minimum absolute atomic E-state index is 0.107. The fourth-order valence-corrected chi connectivity index (χ4v) is 3.94. The molecular formula is C27H32N4O4. The fraction of sp³-hybridized carbons (Fsp3) is 0.333. The SMILES string of the molecule is CN(C)c1ccc(/C=C/C(=O)N[C@@H](Cc2ccccc2)C(=O)N[C@H](C=O)C[C@@H]2CCNC2=O)cc1. The molecule has 3 atom stereocenters. The Morgan fingerprint density at radius 1 is 1.09 bits per heavy atom. The summed E-state index contributed by atoms with van der Waals surface area (Å²) in [5.74, 6) is -1.31. The van der Waals surface area contributed by atoms with E-state index in [4.69, 9.17) is 0 Å². The van der Waals surface area contributed by atoms with Crippen LogP contribution in [0.4, 0.5) is 5.69 Å². The van der Waals surface area contributed by atoms with Gasteiger partial charge in [0.15, 0.2) is 0 Å². The Bertz CT molecular complexity index is 1050. The van der Waals surface area contributed by atoms with Gasteiger partial charge in [-0.3, -0.25) is 14.4 Å². The lowest BCUT2D eigenvalue weighted by Gasteiger charge is -2.21. The number of carbonyl (C=O) groups excluding carboxylic acids is 4. The van der Waals surface area contributed by atoms with Gasteiger partial charge in [-0.25, -0.2) is 0 Å². The van der Waals surface area contributed by atoms with Crippen molar-refractivity contribution in [2.24, 2.45) is 5.92 Å². The van der Waals surface area contributed by atoms with Crippen molar-refractivity contribution in [2.75, 3.05) is 25.5 Å². The second kappa shape index (κ2) is 12.5. The summed E-state index contributed by atoms with van der Waals surface area (Å²) in [6.45, 7) is 0.569. The van der Waals surface area contributed by atoms with Crippen LogP contribution in [0.3, 0.4) is 0 Å². The van der Waals surface area contributed by atoms with Crippen LogP contribution in [0.1, 0.15) is 24.0 Å². The van der Waals surface area contributed by atoms with Crippen LogP contribution in [0.5, 0.6) is 0 Å². The molecule has 0 radical (unpaired) electrons. The smallest absolute Gasteiger partial charge is 0.244 e. The normalized spacial score (nSPS) is 16.9. The van der Waals surface area contributed by atoms with Crippen LogP contribution in [0.25, 0.3) is 6.08 Å². The molecule has 1 aliphatic rings. The molecule has 0 aromatic heterocycles. The number of hydrogen-bond acceptors (Lipinski definition) is 5. The van der Waals surface area contributed by atoms with E-state index in [1.807, 2.05) is 73.6 Å². The van der Waals surface area contributed by atoms with E-state index in [9.17, 15) is 19.2 Å². The molecule has 0 unspecified atom stereocenters. The van der Waals surface area contributed by atoms with E-state index in [1.165, 1.54) is 6.08 Å². The zero-order chi connectivity index (χ0) is 25.2. The standard InChI is InChI=1S/C27H32N4O4/c1-31(2)23-11-8-19(9-12-23)10-13-25(33)30-24(16-20-6-4-3-5-7-20)27(35)29-22(18-32)17-21-14-15-28-26(21)34/h3-13,18,21-22,24H,14-17H2,1-2H3,(H,28,34)(H,29,35)(H,30,33)/b13-10+/t21-,22-,24-/m0/s1. The third-order valence-corrected chi connectivity index (χ3v) is 5.95. The topological polar surface area (TPSA) is 108 Å². The number of carbonyl (C=O) groups is 4. The van der Waals surface area contributed by atoms with Gasteiger partial charge in [0.05, 0.1) is 6.04 Å². The molecule has 3 rings (SSSR count). The molecule has 8 heteroatoms. The van der Waals surface area contributed by atoms with Crippen molar-refractivity contribution in [3.8, 4) is 0 Å². The monoisotopic (exact) mass is 476 g/mol. The second-order valence-corrected chi connectivity index (χ2v) is 8.83. The van der Waals surface area contributed by atoms with Gasteiger partial charge in [0, 0.05) is 44.7 Å². The summed E-state index contributed by atoms with van der Waals surface area (Å²) in [5.41, 5.74) is 2.77. The average molecular weight is 477 g/mol. The molecule has 35 heavy (non-hydrogen) atoms. The first-order valence-corrected chi connectivity index (χ1v) is 11.7. The zero-order valence-corrected chi connectivity index (χ0v) is 20.1. The fourth-order valence-electron chi connectivity index (χ4n) is 3.94. The highest BCUT2D eigenvalue weighted by Crippen LogP contribution is 2.16. The molecule has 8 nitrogen and oxygen atoms in total. The summed E-state index contributed by atoms with van der Waals surface area (Å²) in [7, 11) is 3.90. The van der Waals surface area contributed by atoms with E-state index in [1.54, 1.807) is 6.08 Å². The first-order chi connectivity index (χ1) is 16.9. The highest BCUT2D eigenvalue weighted by molar-refractivity contribution is 5.96. The first-order valence-electron chi connectivity index (χ1n) is 11.7. The summed E-state index contributed by atoms with van der Waals surface area (Å²) in [6, 6.07) is 15.3. The Hall–Kier alpha value is -3.94. The molecule has 184 valence electrons. The number of nitrogens with one attached hydrogen (secondary N) is 3. The Kier molecular flexibility index (Phi) is 9.17. The van der Waals surface area contributed by atoms with Crippen LogP contribution in [0.15, 0.2) is 60.7 Å². The van der Waals surface area contributed by atoms with Crippen LogP contribution >= 0.6 is 0 Å². The van der Waals surface area contributed by atoms with Gasteiger partial charge in [0.1, 0.15) is 12.3 Å². The maximum absolute atomic E-state index is 13.1. The Morgan fingerprint density at radius 3 is 2.40 bits per heavy atom. The van der Waals surface area contributed by atoms with Gasteiger partial charge in [-0.1, -0.05) is 42.5 Å². The number of nitrogens with zero attached hydrogens (tertiary/aromatic N) is 1. The molecule has 0 aliphatic carbocycles. The van der Waals surface area contributed by atoms with E-state index in [-0.39, 0.29) is 24.7 Å². The van der Waals surface area contributed by atoms with E-state index in [0.717, 1.165) is 16.8 Å². The highest BCUT2D eigenvalue weighted by Gasteiger charge is 2.29. The maximum atomic E-state index is 13.1. The van der Waals surface area contributed by atoms with E-state index in [0.29, 0.717) is 19.3 Å². The van der Waals surface area contributed by atoms with Crippen LogP contribution in [-0.2, 0) is 25.6 Å². The van der Waals surface area contributed by atoms with E-state index in [2.05, 4.69) is 16.0 Å². The summed E-state index contributed by atoms with van der Waals surface area (Å²) in [4.78, 5) is 51.2. The number of hydrogen-bond donors (Lipinski definition) is 3. The van der Waals surface area contributed by atoms with Crippen molar-refractivity contribution in [2.45, 2.75) is 31.3 Å². The number of rotatable bonds is 11. The summed E-state index contributed by atoms with van der Waals surface area (Å²) >= 11 is 0. The third-order valence-electron chi connectivity index (χ3n) is 5.95. The van der Waals surface area contributed by atoms with Crippen LogP contribution < -0.4 is 20.9 Å². The predicted molar refractivity (Wildman–Crippen MR) is 136 cm³/mol. The summed E-state index contributed by atoms with van der Waals surface area (Å²) < 4.78 is 0. The minimum atomic E-state index is -0.884. The predicted octanol–water partition coefficient (Wildman–Crippen LogP) is 1.70. The first kappa shape index (κ1) is 25.7. The molecule has 2 aromatic carbocycles. The lowest BCUT2D eigenvalue weighted by atomic mass is 9.98. The van der Waals surface area contributed by atoms with Crippen molar-refractivity contribution in [1.29, 1.82) is 0 Å². The zero-order valence-electron chi connectivity index (χ0n) is 20.1. The third kappa shape index (κ3) is 7.81. The molecular weight excluding hydrogens is 444 g/mol. The van der Waals surface area contributed by atoms with E-state index < -0.39 is 23.9 Å². The molecule has 2 aromatic rings. The molecule has 1 heterocycles. The van der Waals surface area contributed by atoms with Crippen molar-refractivity contribution in [1.82, 2.24) is 16.0 Å². The van der Waals surface area contributed by atoms with E-state index >= 15 is 0 Å². The maximum Gasteiger partial charge on any atom is 0.244 e. The van der Waals surface area contributed by atoms with Crippen molar-refractivity contribution in [3.05, 3.63) is 71.8 Å². The van der Waals surface area contributed by atoms with Crippen molar-refractivity contribution >= 4 is 35.8 Å². The lowest BCUT2D eigenvalue weighted by molar-refractivity contribution is -0.129. The van der Waals surface area contributed by atoms with Gasteiger partial charge >= 0.3 is 0 Å². The Labute approximate surface area is 205 Å². The molecule has 1 fully saturated rings. The molecule has 0 saturated carbocycles. The van der Waals surface area contributed by atoms with Crippen molar-refractivity contribution in [3.63, 3.8) is 0 Å². The van der Waals surface area contributed by atoms with Crippen LogP contribution in [0, 0.1) is 5.92 Å².